The van der Waals surface area contributed by atoms with Gasteiger partial charge in [-0.3, -0.25) is 0 Å². The van der Waals surface area contributed by atoms with Gasteiger partial charge in [-0.2, -0.15) is 0 Å². The molecule has 0 unspecified atom stereocenters. The molecule has 2 rings (SSSR count). The number of hydrogen-bond acceptors (Lipinski definition) is 6. The molecule has 0 radical (unpaired) electrons. The number of methoxy groups -OCH3 is 2. The molecule has 0 aliphatic carbocycles. The molecule has 0 spiro atoms. The number of benzene rings is 2. The van der Waals surface area contributed by atoms with Crippen LogP contribution < -0.4 is 18.9 Å². The van der Waals surface area contributed by atoms with Gasteiger partial charge in [-0.25, -0.2) is 4.79 Å². The van der Waals surface area contributed by atoms with Gasteiger partial charge >= 0.3 is 5.97 Å². The van der Waals surface area contributed by atoms with Crippen molar-refractivity contribution in [2.45, 2.75) is 6.92 Å². The van der Waals surface area contributed by atoms with Crippen LogP contribution in [0, 0.1) is 0 Å². The van der Waals surface area contributed by atoms with Crippen molar-refractivity contribution in [2.75, 3.05) is 34.0 Å². The van der Waals surface area contributed by atoms with Crippen molar-refractivity contribution in [3.63, 3.8) is 0 Å². The molecule has 0 saturated carbocycles. The maximum Gasteiger partial charge on any atom is 0.330 e. The second-order valence-corrected chi connectivity index (χ2v) is 5.37. The first-order chi connectivity index (χ1) is 13.2. The summed E-state index contributed by atoms with van der Waals surface area (Å²) in [6, 6.07) is 12.8. The Morgan fingerprint density at radius 1 is 0.889 bits per heavy atom. The summed E-state index contributed by atoms with van der Waals surface area (Å²) in [5.74, 6) is 2.32. The van der Waals surface area contributed by atoms with Crippen LogP contribution in [0.25, 0.3) is 6.08 Å². The molecule has 0 fully saturated rings. The summed E-state index contributed by atoms with van der Waals surface area (Å²) in [4.78, 5) is 11.2. The Balaban J connectivity index is 1.86. The van der Waals surface area contributed by atoms with Gasteiger partial charge in [0.2, 0.25) is 0 Å². The molecule has 0 N–H and O–H groups in total. The van der Waals surface area contributed by atoms with E-state index in [0.717, 1.165) is 17.1 Å². The van der Waals surface area contributed by atoms with Gasteiger partial charge in [-0.05, 0) is 55.0 Å². The van der Waals surface area contributed by atoms with Gasteiger partial charge in [0.1, 0.15) is 24.7 Å². The van der Waals surface area contributed by atoms with E-state index in [1.165, 1.54) is 13.2 Å². The molecule has 0 atom stereocenters. The molecule has 0 aromatic heterocycles. The second-order valence-electron chi connectivity index (χ2n) is 5.37. The van der Waals surface area contributed by atoms with E-state index in [0.29, 0.717) is 31.3 Å². The van der Waals surface area contributed by atoms with Crippen LogP contribution in [0.5, 0.6) is 23.0 Å². The first-order valence-corrected chi connectivity index (χ1v) is 8.58. The van der Waals surface area contributed by atoms with E-state index in [1.54, 1.807) is 25.3 Å². The zero-order valence-corrected chi connectivity index (χ0v) is 15.8. The van der Waals surface area contributed by atoms with Gasteiger partial charge in [-0.15, -0.1) is 0 Å². The number of carbonyl (C=O) groups excluding carboxylic acids is 1. The Hall–Kier alpha value is -3.15. The molecule has 2 aromatic carbocycles. The molecule has 0 heterocycles. The average molecular weight is 372 g/mol. The monoisotopic (exact) mass is 372 g/mol. The van der Waals surface area contributed by atoms with Crippen molar-refractivity contribution in [2.24, 2.45) is 0 Å². The highest BCUT2D eigenvalue weighted by molar-refractivity contribution is 5.87. The first kappa shape index (κ1) is 20.2. The van der Waals surface area contributed by atoms with Crippen LogP contribution in [0.15, 0.2) is 48.5 Å². The molecular weight excluding hydrogens is 348 g/mol. The van der Waals surface area contributed by atoms with Crippen molar-refractivity contribution in [1.82, 2.24) is 0 Å². The zero-order chi connectivity index (χ0) is 19.5. The summed E-state index contributed by atoms with van der Waals surface area (Å²) in [5, 5.41) is 0. The second kappa shape index (κ2) is 10.8. The Labute approximate surface area is 159 Å². The zero-order valence-electron chi connectivity index (χ0n) is 15.8. The maximum atomic E-state index is 11.2. The fraction of sp³-hybridized carbons (Fsp3) is 0.286. The number of hydrogen-bond donors (Lipinski definition) is 0. The fourth-order valence-corrected chi connectivity index (χ4v) is 2.25. The van der Waals surface area contributed by atoms with Crippen molar-refractivity contribution in [3.8, 4) is 23.0 Å². The molecule has 0 bridgehead atoms. The highest BCUT2D eigenvalue weighted by atomic mass is 16.5. The largest absolute Gasteiger partial charge is 0.494 e. The molecule has 2 aromatic rings. The molecule has 0 aliphatic rings. The highest BCUT2D eigenvalue weighted by Crippen LogP contribution is 2.28. The van der Waals surface area contributed by atoms with Crippen molar-refractivity contribution in [1.29, 1.82) is 0 Å². The third kappa shape index (κ3) is 6.58. The first-order valence-electron chi connectivity index (χ1n) is 8.58. The number of ether oxygens (including phenoxy) is 5. The van der Waals surface area contributed by atoms with Gasteiger partial charge < -0.3 is 23.7 Å². The number of esters is 1. The quantitative estimate of drug-likeness (QED) is 0.360. The van der Waals surface area contributed by atoms with Crippen LogP contribution in [0.3, 0.4) is 0 Å². The van der Waals surface area contributed by atoms with Crippen LogP contribution in [-0.4, -0.2) is 40.0 Å². The van der Waals surface area contributed by atoms with E-state index in [9.17, 15) is 4.79 Å². The molecule has 6 heteroatoms. The highest BCUT2D eigenvalue weighted by Gasteiger charge is 2.05. The molecule has 0 amide bonds. The Bertz CT molecular complexity index is 752. The van der Waals surface area contributed by atoms with Gasteiger partial charge in [0.05, 0.1) is 20.8 Å². The lowest BCUT2D eigenvalue weighted by Crippen LogP contribution is -2.09. The van der Waals surface area contributed by atoms with E-state index >= 15 is 0 Å². The predicted octanol–water partition coefficient (Wildman–Crippen LogP) is 3.74. The van der Waals surface area contributed by atoms with E-state index in [2.05, 4.69) is 4.74 Å². The minimum absolute atomic E-state index is 0.362. The maximum absolute atomic E-state index is 11.2. The normalized spacial score (nSPS) is 10.5. The number of rotatable bonds is 10. The van der Waals surface area contributed by atoms with E-state index in [-0.39, 0.29) is 0 Å². The summed E-state index contributed by atoms with van der Waals surface area (Å²) in [7, 11) is 2.89. The van der Waals surface area contributed by atoms with E-state index in [4.69, 9.17) is 18.9 Å². The lowest BCUT2D eigenvalue weighted by molar-refractivity contribution is -0.134. The van der Waals surface area contributed by atoms with Gasteiger partial charge in [0.25, 0.3) is 0 Å². The third-order valence-corrected chi connectivity index (χ3v) is 3.55. The van der Waals surface area contributed by atoms with Gasteiger partial charge in [0, 0.05) is 6.08 Å². The minimum Gasteiger partial charge on any atom is -0.494 e. The Morgan fingerprint density at radius 3 is 2.19 bits per heavy atom. The lowest BCUT2D eigenvalue weighted by Gasteiger charge is -2.12. The van der Waals surface area contributed by atoms with Crippen LogP contribution in [0.1, 0.15) is 12.5 Å². The van der Waals surface area contributed by atoms with Crippen molar-refractivity contribution in [3.05, 3.63) is 54.1 Å². The van der Waals surface area contributed by atoms with Crippen LogP contribution in [-0.2, 0) is 9.53 Å². The average Bonchev–Trinajstić information content (AvgIpc) is 2.71. The summed E-state index contributed by atoms with van der Waals surface area (Å²) >= 11 is 0. The van der Waals surface area contributed by atoms with Crippen LogP contribution in [0.4, 0.5) is 0 Å². The van der Waals surface area contributed by atoms with Crippen molar-refractivity contribution < 1.29 is 28.5 Å². The molecule has 27 heavy (non-hydrogen) atoms. The number of carbonyl (C=O) groups is 1. The Kier molecular flexibility index (Phi) is 8.03. The van der Waals surface area contributed by atoms with Crippen molar-refractivity contribution >= 4 is 12.0 Å². The summed E-state index contributed by atoms with van der Waals surface area (Å²) in [6.45, 7) is 3.33. The molecule has 0 saturated heterocycles. The minimum atomic E-state index is -0.416. The van der Waals surface area contributed by atoms with E-state index < -0.39 is 5.97 Å². The fourth-order valence-electron chi connectivity index (χ4n) is 2.25. The smallest absolute Gasteiger partial charge is 0.330 e. The van der Waals surface area contributed by atoms with Crippen LogP contribution >= 0.6 is 0 Å². The Morgan fingerprint density at radius 2 is 1.56 bits per heavy atom. The van der Waals surface area contributed by atoms with E-state index in [1.807, 2.05) is 37.3 Å². The lowest BCUT2D eigenvalue weighted by atomic mass is 10.2. The molecular formula is C21H24O6. The SMILES string of the molecule is CCOc1ccc(OCCOc2ccc(/C=C/C(=O)OC)cc2OC)cc1. The summed E-state index contributed by atoms with van der Waals surface area (Å²) in [6.07, 6.45) is 2.99. The topological polar surface area (TPSA) is 63.2 Å². The standard InChI is InChI=1S/C21H24O6/c1-4-25-17-7-9-18(10-8-17)26-13-14-27-19-11-5-16(15-20(19)23-2)6-12-21(22)24-3/h5-12,15H,4,13-14H2,1-3H3/b12-6+. The third-order valence-electron chi connectivity index (χ3n) is 3.55. The van der Waals surface area contributed by atoms with Gasteiger partial charge in [-0.1, -0.05) is 6.07 Å². The molecule has 6 nitrogen and oxygen atoms in total. The van der Waals surface area contributed by atoms with Crippen LogP contribution in [0.2, 0.25) is 0 Å². The summed E-state index contributed by atoms with van der Waals surface area (Å²) in [5.41, 5.74) is 0.801. The predicted molar refractivity (Wildman–Crippen MR) is 103 cm³/mol. The summed E-state index contributed by atoms with van der Waals surface area (Å²) < 4.78 is 26.7. The molecule has 144 valence electrons. The molecule has 0 aliphatic heterocycles. The van der Waals surface area contributed by atoms with Gasteiger partial charge in [0.15, 0.2) is 11.5 Å².